The fourth-order valence-electron chi connectivity index (χ4n) is 3.84. The van der Waals surface area contributed by atoms with Crippen molar-refractivity contribution in [2.24, 2.45) is 0 Å². The van der Waals surface area contributed by atoms with Crippen LogP contribution in [0.5, 0.6) is 0 Å². The Morgan fingerprint density at radius 2 is 1.42 bits per heavy atom. The average Bonchev–Trinajstić information content (AvgIpc) is 2.84. The number of anilines is 2. The molecule has 3 aromatic rings. The molecule has 7 nitrogen and oxygen atoms in total. The van der Waals surface area contributed by atoms with E-state index in [-0.39, 0.29) is 17.0 Å². The second-order valence-electron chi connectivity index (χ2n) is 7.59. The minimum Gasteiger partial charge on any atom is -0.545 e. The van der Waals surface area contributed by atoms with Gasteiger partial charge in [0.25, 0.3) is 11.8 Å². The first kappa shape index (κ1) is 22.4. The zero-order valence-corrected chi connectivity index (χ0v) is 18.4. The number of benzene rings is 3. The summed E-state index contributed by atoms with van der Waals surface area (Å²) in [4.78, 5) is 41.3. The molecule has 4 rings (SSSR count). The van der Waals surface area contributed by atoms with E-state index in [4.69, 9.17) is 11.6 Å². The quantitative estimate of drug-likeness (QED) is 0.629. The Morgan fingerprint density at radius 3 is 2.09 bits per heavy atom. The van der Waals surface area contributed by atoms with Crippen molar-refractivity contribution in [3.63, 3.8) is 0 Å². The lowest BCUT2D eigenvalue weighted by Gasteiger charge is -2.36. The maximum atomic E-state index is 13.2. The van der Waals surface area contributed by atoms with Gasteiger partial charge in [-0.2, -0.15) is 0 Å². The standard InChI is InChI=1S/C25H22ClN3O4/c26-17-6-5-7-18(16-17)28-12-14-29(15-13-28)24(31)21-10-3-4-11-22(21)27-23(30)19-8-1-2-9-20(19)25(32)33/h1-11,16H,12-15H2,(H,27,30)(H,32,33)/p-1. The van der Waals surface area contributed by atoms with Crippen LogP contribution in [0.15, 0.2) is 72.8 Å². The molecule has 1 aliphatic heterocycles. The number of nitrogens with zero attached hydrogens (tertiary/aromatic N) is 2. The van der Waals surface area contributed by atoms with Crippen LogP contribution in [0.1, 0.15) is 31.1 Å². The predicted octanol–water partition coefficient (Wildman–Crippen LogP) is 2.92. The van der Waals surface area contributed by atoms with Gasteiger partial charge in [0.2, 0.25) is 0 Å². The van der Waals surface area contributed by atoms with Crippen LogP contribution in [0.3, 0.4) is 0 Å². The lowest BCUT2D eigenvalue weighted by atomic mass is 10.1. The average molecular weight is 463 g/mol. The van der Waals surface area contributed by atoms with E-state index in [1.165, 1.54) is 18.2 Å². The molecule has 0 atom stereocenters. The van der Waals surface area contributed by atoms with Crippen LogP contribution in [0.25, 0.3) is 0 Å². The van der Waals surface area contributed by atoms with Crippen LogP contribution in [0.4, 0.5) is 11.4 Å². The number of piperazine rings is 1. The van der Waals surface area contributed by atoms with E-state index in [1.807, 2.05) is 24.3 Å². The van der Waals surface area contributed by atoms with E-state index in [1.54, 1.807) is 35.2 Å². The number of carboxylic acid groups (broad SMARTS) is 1. The molecule has 168 valence electrons. The molecule has 0 aromatic heterocycles. The number of nitrogens with one attached hydrogen (secondary N) is 1. The van der Waals surface area contributed by atoms with E-state index in [2.05, 4.69) is 10.2 Å². The lowest BCUT2D eigenvalue weighted by molar-refractivity contribution is -0.255. The highest BCUT2D eigenvalue weighted by molar-refractivity contribution is 6.30. The number of aromatic carboxylic acids is 1. The zero-order chi connectivity index (χ0) is 23.4. The Balaban J connectivity index is 1.48. The number of hydrogen-bond acceptors (Lipinski definition) is 5. The molecule has 1 fully saturated rings. The van der Waals surface area contributed by atoms with E-state index in [0.717, 1.165) is 5.69 Å². The first-order valence-corrected chi connectivity index (χ1v) is 10.8. The number of carbonyl (C=O) groups excluding carboxylic acids is 3. The van der Waals surface area contributed by atoms with Gasteiger partial charge in [0, 0.05) is 48.0 Å². The number of para-hydroxylation sites is 1. The third-order valence-corrected chi connectivity index (χ3v) is 5.77. The number of carbonyl (C=O) groups is 3. The first-order chi connectivity index (χ1) is 15.9. The maximum Gasteiger partial charge on any atom is 0.256 e. The molecule has 2 amide bonds. The Hall–Kier alpha value is -3.84. The molecule has 1 N–H and O–H groups in total. The summed E-state index contributed by atoms with van der Waals surface area (Å²) in [5, 5.41) is 14.7. The van der Waals surface area contributed by atoms with Crippen LogP contribution in [-0.2, 0) is 0 Å². The maximum absolute atomic E-state index is 13.2. The van der Waals surface area contributed by atoms with Gasteiger partial charge in [-0.3, -0.25) is 9.59 Å². The molecule has 3 aromatic carbocycles. The predicted molar refractivity (Wildman–Crippen MR) is 125 cm³/mol. The minimum absolute atomic E-state index is 0.0325. The van der Waals surface area contributed by atoms with Gasteiger partial charge in [0.15, 0.2) is 0 Å². The molecule has 0 saturated carbocycles. The van der Waals surface area contributed by atoms with Crippen LogP contribution in [-0.4, -0.2) is 48.9 Å². The summed E-state index contributed by atoms with van der Waals surface area (Å²) in [6.45, 7) is 2.33. The van der Waals surface area contributed by atoms with Crippen molar-refractivity contribution >= 4 is 40.8 Å². The molecule has 0 bridgehead atoms. The van der Waals surface area contributed by atoms with Crippen molar-refractivity contribution in [2.75, 3.05) is 36.4 Å². The molecule has 1 heterocycles. The summed E-state index contributed by atoms with van der Waals surface area (Å²) < 4.78 is 0. The Morgan fingerprint density at radius 1 is 0.788 bits per heavy atom. The number of carboxylic acids is 1. The van der Waals surface area contributed by atoms with Gasteiger partial charge >= 0.3 is 0 Å². The molecule has 0 radical (unpaired) electrons. The molecule has 0 aliphatic carbocycles. The lowest BCUT2D eigenvalue weighted by Crippen LogP contribution is -2.49. The van der Waals surface area contributed by atoms with Gasteiger partial charge < -0.3 is 25.0 Å². The van der Waals surface area contributed by atoms with Gasteiger partial charge in [-0.05, 0) is 36.4 Å². The summed E-state index contributed by atoms with van der Waals surface area (Å²) in [6, 6.07) is 20.1. The van der Waals surface area contributed by atoms with Gasteiger partial charge in [0.05, 0.1) is 17.2 Å². The molecule has 8 heteroatoms. The van der Waals surface area contributed by atoms with Crippen molar-refractivity contribution in [2.45, 2.75) is 0 Å². The minimum atomic E-state index is -1.44. The van der Waals surface area contributed by atoms with Gasteiger partial charge in [-0.1, -0.05) is 48.0 Å². The summed E-state index contributed by atoms with van der Waals surface area (Å²) in [6.07, 6.45) is 0. The van der Waals surface area contributed by atoms with E-state index >= 15 is 0 Å². The van der Waals surface area contributed by atoms with Crippen molar-refractivity contribution in [3.05, 3.63) is 94.5 Å². The fraction of sp³-hybridized carbons (Fsp3) is 0.160. The van der Waals surface area contributed by atoms with E-state index in [9.17, 15) is 19.5 Å². The molecule has 1 aliphatic rings. The highest BCUT2D eigenvalue weighted by atomic mass is 35.5. The van der Waals surface area contributed by atoms with Crippen molar-refractivity contribution in [1.82, 2.24) is 4.90 Å². The Kier molecular flexibility index (Phi) is 6.60. The largest absolute Gasteiger partial charge is 0.545 e. The summed E-state index contributed by atoms with van der Waals surface area (Å²) >= 11 is 6.09. The molecule has 33 heavy (non-hydrogen) atoms. The number of hydrogen-bond donors (Lipinski definition) is 1. The van der Waals surface area contributed by atoms with Crippen molar-refractivity contribution < 1.29 is 19.5 Å². The molecular weight excluding hydrogens is 442 g/mol. The molecule has 0 unspecified atom stereocenters. The molecular formula is C25H21ClN3O4-. The second-order valence-corrected chi connectivity index (χ2v) is 8.03. The Labute approximate surface area is 196 Å². The third kappa shape index (κ3) is 4.99. The van der Waals surface area contributed by atoms with Gasteiger partial charge in [-0.15, -0.1) is 0 Å². The van der Waals surface area contributed by atoms with Gasteiger partial charge in [0.1, 0.15) is 0 Å². The third-order valence-electron chi connectivity index (χ3n) is 5.54. The van der Waals surface area contributed by atoms with Crippen LogP contribution < -0.4 is 15.3 Å². The molecule has 1 saturated heterocycles. The van der Waals surface area contributed by atoms with E-state index in [0.29, 0.717) is 42.5 Å². The highest BCUT2D eigenvalue weighted by Crippen LogP contribution is 2.23. The van der Waals surface area contributed by atoms with Crippen molar-refractivity contribution in [1.29, 1.82) is 0 Å². The van der Waals surface area contributed by atoms with E-state index < -0.39 is 11.9 Å². The highest BCUT2D eigenvalue weighted by Gasteiger charge is 2.25. The number of halogens is 1. The summed E-state index contributed by atoms with van der Waals surface area (Å²) in [5.74, 6) is -2.27. The Bertz CT molecular complexity index is 1210. The fourth-order valence-corrected chi connectivity index (χ4v) is 4.02. The zero-order valence-electron chi connectivity index (χ0n) is 17.7. The topological polar surface area (TPSA) is 92.8 Å². The van der Waals surface area contributed by atoms with Crippen LogP contribution >= 0.6 is 11.6 Å². The second kappa shape index (κ2) is 9.75. The van der Waals surface area contributed by atoms with Crippen LogP contribution in [0, 0.1) is 0 Å². The first-order valence-electron chi connectivity index (χ1n) is 10.4. The SMILES string of the molecule is O=C([O-])c1ccccc1C(=O)Nc1ccccc1C(=O)N1CCN(c2cccc(Cl)c2)CC1. The normalized spacial score (nSPS) is 13.5. The molecule has 0 spiro atoms. The number of amides is 2. The monoisotopic (exact) mass is 462 g/mol. The smallest absolute Gasteiger partial charge is 0.256 e. The summed E-state index contributed by atoms with van der Waals surface area (Å²) in [5.41, 5.74) is 1.42. The summed E-state index contributed by atoms with van der Waals surface area (Å²) in [7, 11) is 0. The van der Waals surface area contributed by atoms with Crippen LogP contribution in [0.2, 0.25) is 5.02 Å². The van der Waals surface area contributed by atoms with Crippen molar-refractivity contribution in [3.8, 4) is 0 Å². The number of rotatable bonds is 5. The van der Waals surface area contributed by atoms with Gasteiger partial charge in [-0.25, -0.2) is 0 Å².